The molecule has 1 heterocycles. The fourth-order valence-electron chi connectivity index (χ4n) is 2.35. The van der Waals surface area contributed by atoms with Crippen LogP contribution in [0.25, 0.3) is 0 Å². The molecule has 0 spiro atoms. The summed E-state index contributed by atoms with van der Waals surface area (Å²) < 4.78 is 0. The van der Waals surface area contributed by atoms with Gasteiger partial charge in [-0.2, -0.15) is 0 Å². The third kappa shape index (κ3) is 2.37. The van der Waals surface area contributed by atoms with Crippen molar-refractivity contribution in [2.24, 2.45) is 21.6 Å². The highest BCUT2D eigenvalue weighted by Gasteiger charge is 2.36. The van der Waals surface area contributed by atoms with E-state index in [1.165, 1.54) is 11.9 Å². The fraction of sp³-hybridized carbons (Fsp3) is 0.429. The molecule has 2 N–H and O–H groups in total. The minimum absolute atomic E-state index is 0.315. The van der Waals surface area contributed by atoms with E-state index in [1.807, 2.05) is 12.3 Å². The van der Waals surface area contributed by atoms with Crippen LogP contribution in [-0.2, 0) is 0 Å². The number of hydrogen-bond donors (Lipinski definition) is 1. The minimum Gasteiger partial charge on any atom is -0.387 e. The third-order valence-corrected chi connectivity index (χ3v) is 3.61. The number of rotatable bonds is 2. The molecule has 4 nitrogen and oxygen atoms in total. The summed E-state index contributed by atoms with van der Waals surface area (Å²) in [6.45, 7) is 10.3. The van der Waals surface area contributed by atoms with Crippen LogP contribution in [0.5, 0.6) is 0 Å². The molecule has 2 unspecified atom stereocenters. The summed E-state index contributed by atoms with van der Waals surface area (Å²) in [4.78, 5) is 10.3. The normalized spacial score (nSPS) is 34.7. The van der Waals surface area contributed by atoms with Gasteiger partial charge < -0.3 is 10.6 Å². The van der Waals surface area contributed by atoms with Crippen molar-refractivity contribution < 1.29 is 0 Å². The number of nitrogens with two attached hydrogens (primary N) is 1. The van der Waals surface area contributed by atoms with Gasteiger partial charge in [-0.05, 0) is 18.8 Å². The van der Waals surface area contributed by atoms with Crippen molar-refractivity contribution in [2.45, 2.75) is 32.2 Å². The monoisotopic (exact) mass is 244 g/mol. The highest BCUT2D eigenvalue weighted by atomic mass is 15.2. The minimum atomic E-state index is 0.315. The van der Waals surface area contributed by atoms with Crippen molar-refractivity contribution in [2.75, 3.05) is 0 Å². The number of hydrogen-bond acceptors (Lipinski definition) is 4. The Bertz CT molecular complexity index is 445. The van der Waals surface area contributed by atoms with Crippen molar-refractivity contribution >= 4 is 12.2 Å². The van der Waals surface area contributed by atoms with Crippen molar-refractivity contribution in [3.8, 4) is 0 Å². The van der Waals surface area contributed by atoms with Gasteiger partial charge >= 0.3 is 0 Å². The van der Waals surface area contributed by atoms with Crippen LogP contribution < -0.4 is 5.73 Å². The Morgan fingerprint density at radius 3 is 2.94 bits per heavy atom. The summed E-state index contributed by atoms with van der Waals surface area (Å²) >= 11 is 0. The second-order valence-electron chi connectivity index (χ2n) is 4.71. The van der Waals surface area contributed by atoms with E-state index < -0.39 is 0 Å². The lowest BCUT2D eigenvalue weighted by atomic mass is 9.73. The maximum Gasteiger partial charge on any atom is 0.127 e. The van der Waals surface area contributed by atoms with Crippen LogP contribution in [0.4, 0.5) is 0 Å². The molecule has 0 aromatic rings. The zero-order valence-electron chi connectivity index (χ0n) is 10.8. The van der Waals surface area contributed by atoms with Gasteiger partial charge in [0, 0.05) is 12.6 Å². The van der Waals surface area contributed by atoms with Gasteiger partial charge in [0.25, 0.3) is 0 Å². The molecule has 0 radical (unpaired) electrons. The molecule has 2 atom stereocenters. The predicted octanol–water partition coefficient (Wildman–Crippen LogP) is 2.42. The van der Waals surface area contributed by atoms with E-state index in [4.69, 9.17) is 5.73 Å². The quantitative estimate of drug-likeness (QED) is 0.758. The van der Waals surface area contributed by atoms with Crippen molar-refractivity contribution in [3.05, 3.63) is 36.8 Å². The molecule has 2 rings (SSSR count). The van der Waals surface area contributed by atoms with Gasteiger partial charge in [-0.1, -0.05) is 31.7 Å². The second-order valence-corrected chi connectivity index (χ2v) is 4.71. The molecular formula is C14H20N4. The molecule has 0 bridgehead atoms. The molecule has 1 fully saturated rings. The molecule has 0 amide bonds. The molecule has 0 aromatic heterocycles. The average molecular weight is 244 g/mol. The number of amidine groups is 1. The number of nitrogens with zero attached hydrogens (tertiary/aromatic N) is 3. The molecule has 4 heteroatoms. The maximum absolute atomic E-state index is 5.70. The van der Waals surface area contributed by atoms with E-state index in [2.05, 4.69) is 35.0 Å². The van der Waals surface area contributed by atoms with Gasteiger partial charge in [0.05, 0.1) is 6.04 Å². The summed E-state index contributed by atoms with van der Waals surface area (Å²) in [5.41, 5.74) is 6.97. The van der Waals surface area contributed by atoms with Gasteiger partial charge in [-0.15, -0.1) is 0 Å². The van der Waals surface area contributed by atoms with Crippen molar-refractivity contribution in [1.82, 2.24) is 4.90 Å². The first kappa shape index (κ1) is 12.6. The second kappa shape index (κ2) is 5.21. The largest absolute Gasteiger partial charge is 0.387 e. The highest BCUT2D eigenvalue weighted by Crippen LogP contribution is 2.40. The Morgan fingerprint density at radius 1 is 1.50 bits per heavy atom. The smallest absolute Gasteiger partial charge is 0.127 e. The molecule has 1 saturated carbocycles. The van der Waals surface area contributed by atoms with E-state index in [9.17, 15) is 0 Å². The van der Waals surface area contributed by atoms with E-state index in [1.54, 1.807) is 0 Å². The predicted molar refractivity (Wildman–Crippen MR) is 76.2 cm³/mol. The van der Waals surface area contributed by atoms with Crippen LogP contribution in [0.2, 0.25) is 0 Å². The van der Waals surface area contributed by atoms with Crippen LogP contribution in [0, 0.1) is 5.92 Å². The highest BCUT2D eigenvalue weighted by molar-refractivity contribution is 5.88. The van der Waals surface area contributed by atoms with E-state index in [0.29, 0.717) is 30.0 Å². The SMILES string of the molecule is C=C1C(CC)CC1N1/C=C\C/C(N)=N\C=N/C1=C. The molecule has 18 heavy (non-hydrogen) atoms. The molecule has 96 valence electrons. The fourth-order valence-corrected chi connectivity index (χ4v) is 2.35. The van der Waals surface area contributed by atoms with Gasteiger partial charge in [-0.3, -0.25) is 0 Å². The maximum atomic E-state index is 5.70. The molecule has 0 saturated heterocycles. The molecule has 2 aliphatic rings. The van der Waals surface area contributed by atoms with Crippen LogP contribution >= 0.6 is 0 Å². The lowest BCUT2D eigenvalue weighted by Gasteiger charge is -2.44. The number of aliphatic imine (C=N–C) groups is 2. The first-order valence-corrected chi connectivity index (χ1v) is 6.30. The molecule has 1 aliphatic carbocycles. The van der Waals surface area contributed by atoms with Crippen LogP contribution in [0.3, 0.4) is 0 Å². The summed E-state index contributed by atoms with van der Waals surface area (Å²) in [5, 5.41) is 0. The standard InChI is InChI=1S/C14H20N4/c1-4-12-8-13(10(12)2)18-7-5-6-14(15)17-9-16-11(18)3/h5,7,9,12-13H,2-4,6,8H2,1H3,(H2,15,16,17)/b7-5-. The van der Waals surface area contributed by atoms with E-state index >= 15 is 0 Å². The Hall–Kier alpha value is -1.84. The van der Waals surface area contributed by atoms with Gasteiger partial charge in [0.2, 0.25) is 0 Å². The zero-order chi connectivity index (χ0) is 13.1. The summed E-state index contributed by atoms with van der Waals surface area (Å²) in [6.07, 6.45) is 8.35. The zero-order valence-corrected chi connectivity index (χ0v) is 10.8. The topological polar surface area (TPSA) is 54.0 Å². The van der Waals surface area contributed by atoms with Crippen LogP contribution in [0.1, 0.15) is 26.2 Å². The summed E-state index contributed by atoms with van der Waals surface area (Å²) in [5.74, 6) is 1.88. The lowest BCUT2D eigenvalue weighted by molar-refractivity contribution is 0.231. The Morgan fingerprint density at radius 2 is 2.28 bits per heavy atom. The summed E-state index contributed by atoms with van der Waals surface area (Å²) in [7, 11) is 0. The first-order valence-electron chi connectivity index (χ1n) is 6.30. The van der Waals surface area contributed by atoms with E-state index in [0.717, 1.165) is 12.8 Å². The van der Waals surface area contributed by atoms with Crippen LogP contribution in [0.15, 0.2) is 46.8 Å². The third-order valence-electron chi connectivity index (χ3n) is 3.61. The van der Waals surface area contributed by atoms with Gasteiger partial charge in [0.1, 0.15) is 18.0 Å². The molecule has 1 aliphatic heterocycles. The Labute approximate surface area is 108 Å². The van der Waals surface area contributed by atoms with E-state index in [-0.39, 0.29) is 0 Å². The lowest BCUT2D eigenvalue weighted by Crippen LogP contribution is -2.43. The Kier molecular flexibility index (Phi) is 3.65. The van der Waals surface area contributed by atoms with Crippen LogP contribution in [-0.4, -0.2) is 23.1 Å². The Balaban J connectivity index is 2.13. The summed E-state index contributed by atoms with van der Waals surface area (Å²) in [6, 6.07) is 0.315. The molecule has 0 aromatic carbocycles. The first-order chi connectivity index (χ1) is 8.63. The van der Waals surface area contributed by atoms with Gasteiger partial charge in [-0.25, -0.2) is 9.98 Å². The molecular weight excluding hydrogens is 224 g/mol. The van der Waals surface area contributed by atoms with Crippen molar-refractivity contribution in [3.63, 3.8) is 0 Å². The van der Waals surface area contributed by atoms with Crippen molar-refractivity contribution in [1.29, 1.82) is 0 Å². The van der Waals surface area contributed by atoms with Gasteiger partial charge in [0.15, 0.2) is 0 Å². The average Bonchev–Trinajstić information content (AvgIpc) is 2.41.